The lowest BCUT2D eigenvalue weighted by atomic mass is 9.80. The summed E-state index contributed by atoms with van der Waals surface area (Å²) >= 11 is 0. The van der Waals surface area contributed by atoms with Gasteiger partial charge in [0.15, 0.2) is 0 Å². The SMILES string of the molecule is C[C@@H](NCc1cn(CC(=O)N(C)C)nn1)C1CCC1. The first kappa shape index (κ1) is 14.0. The van der Waals surface area contributed by atoms with E-state index in [9.17, 15) is 4.79 Å². The number of rotatable bonds is 6. The summed E-state index contributed by atoms with van der Waals surface area (Å²) in [6.45, 7) is 3.19. The van der Waals surface area contributed by atoms with E-state index < -0.39 is 0 Å². The predicted molar refractivity (Wildman–Crippen MR) is 72.4 cm³/mol. The molecule has 1 fully saturated rings. The highest BCUT2D eigenvalue weighted by Gasteiger charge is 2.23. The van der Waals surface area contributed by atoms with Gasteiger partial charge < -0.3 is 10.2 Å². The van der Waals surface area contributed by atoms with Gasteiger partial charge in [0.05, 0.1) is 11.9 Å². The van der Waals surface area contributed by atoms with Crippen molar-refractivity contribution in [2.45, 2.75) is 45.3 Å². The molecule has 1 amide bonds. The van der Waals surface area contributed by atoms with Crippen LogP contribution in [-0.4, -0.2) is 45.9 Å². The van der Waals surface area contributed by atoms with Gasteiger partial charge in [0.25, 0.3) is 0 Å². The van der Waals surface area contributed by atoms with E-state index in [2.05, 4.69) is 22.6 Å². The second-order valence-electron chi connectivity index (χ2n) is 5.56. The number of nitrogens with zero attached hydrogens (tertiary/aromatic N) is 4. The zero-order valence-corrected chi connectivity index (χ0v) is 12.0. The molecule has 1 aromatic heterocycles. The Morgan fingerprint density at radius 2 is 2.32 bits per heavy atom. The molecule has 1 atom stereocenters. The van der Waals surface area contributed by atoms with E-state index in [1.165, 1.54) is 19.3 Å². The Hall–Kier alpha value is -1.43. The Labute approximate surface area is 114 Å². The third kappa shape index (κ3) is 3.76. The van der Waals surface area contributed by atoms with Crippen LogP contribution >= 0.6 is 0 Å². The van der Waals surface area contributed by atoms with Crippen LogP contribution in [0.15, 0.2) is 6.20 Å². The Bertz CT molecular complexity index is 424. The predicted octanol–water partition coefficient (Wildman–Crippen LogP) is 0.644. The Morgan fingerprint density at radius 1 is 1.58 bits per heavy atom. The van der Waals surface area contributed by atoms with E-state index in [1.807, 2.05) is 6.20 Å². The minimum atomic E-state index is 0.0206. The first-order valence-corrected chi connectivity index (χ1v) is 6.89. The highest BCUT2D eigenvalue weighted by molar-refractivity contribution is 5.75. The number of hydrogen-bond acceptors (Lipinski definition) is 4. The monoisotopic (exact) mass is 265 g/mol. The molecular formula is C13H23N5O. The molecule has 0 unspecified atom stereocenters. The van der Waals surface area contributed by atoms with E-state index in [-0.39, 0.29) is 12.5 Å². The number of likely N-dealkylation sites (N-methyl/N-ethyl adjacent to an activating group) is 1. The lowest BCUT2D eigenvalue weighted by Gasteiger charge is -2.31. The summed E-state index contributed by atoms with van der Waals surface area (Å²) in [4.78, 5) is 13.1. The van der Waals surface area contributed by atoms with Crippen molar-refractivity contribution in [3.05, 3.63) is 11.9 Å². The van der Waals surface area contributed by atoms with Gasteiger partial charge in [-0.3, -0.25) is 4.79 Å². The van der Waals surface area contributed by atoms with Crippen molar-refractivity contribution in [2.24, 2.45) is 5.92 Å². The number of hydrogen-bond donors (Lipinski definition) is 1. The molecule has 2 rings (SSSR count). The number of carbonyl (C=O) groups excluding carboxylic acids is 1. The van der Waals surface area contributed by atoms with E-state index in [4.69, 9.17) is 0 Å². The molecule has 1 heterocycles. The average Bonchev–Trinajstić information content (AvgIpc) is 2.71. The number of carbonyl (C=O) groups is 1. The highest BCUT2D eigenvalue weighted by atomic mass is 16.2. The quantitative estimate of drug-likeness (QED) is 0.820. The molecule has 0 bridgehead atoms. The van der Waals surface area contributed by atoms with Crippen molar-refractivity contribution in [2.75, 3.05) is 14.1 Å². The van der Waals surface area contributed by atoms with Crippen molar-refractivity contribution in [3.63, 3.8) is 0 Å². The Morgan fingerprint density at radius 3 is 2.89 bits per heavy atom. The van der Waals surface area contributed by atoms with Crippen LogP contribution in [0.1, 0.15) is 31.9 Å². The molecule has 1 saturated carbocycles. The summed E-state index contributed by atoms with van der Waals surface area (Å²) in [5.74, 6) is 0.831. The van der Waals surface area contributed by atoms with Gasteiger partial charge in [-0.25, -0.2) is 4.68 Å². The van der Waals surface area contributed by atoms with Crippen LogP contribution < -0.4 is 5.32 Å². The molecule has 6 heteroatoms. The van der Waals surface area contributed by atoms with Crippen molar-refractivity contribution in [3.8, 4) is 0 Å². The standard InChI is InChI=1S/C13H23N5O/c1-10(11-5-4-6-11)14-7-12-8-18(16-15-12)9-13(19)17(2)3/h8,10-11,14H,4-7,9H2,1-3H3/t10-/m1/s1. The molecule has 0 spiro atoms. The minimum Gasteiger partial charge on any atom is -0.347 e. The summed E-state index contributed by atoms with van der Waals surface area (Å²) in [5, 5.41) is 11.5. The van der Waals surface area contributed by atoms with Gasteiger partial charge in [0.2, 0.25) is 5.91 Å². The molecule has 19 heavy (non-hydrogen) atoms. The van der Waals surface area contributed by atoms with Gasteiger partial charge in [-0.1, -0.05) is 11.6 Å². The normalized spacial score (nSPS) is 17.0. The van der Waals surface area contributed by atoms with Crippen molar-refractivity contribution in [1.29, 1.82) is 0 Å². The van der Waals surface area contributed by atoms with Gasteiger partial charge in [-0.05, 0) is 25.7 Å². The number of aromatic nitrogens is 3. The molecule has 0 saturated heterocycles. The summed E-state index contributed by atoms with van der Waals surface area (Å²) < 4.78 is 1.59. The molecule has 1 N–H and O–H groups in total. The molecule has 106 valence electrons. The molecule has 1 aliphatic rings. The van der Waals surface area contributed by atoms with Gasteiger partial charge >= 0.3 is 0 Å². The lowest BCUT2D eigenvalue weighted by Crippen LogP contribution is -2.36. The average molecular weight is 265 g/mol. The number of amides is 1. The van der Waals surface area contributed by atoms with E-state index >= 15 is 0 Å². The number of nitrogens with one attached hydrogen (secondary N) is 1. The fourth-order valence-electron chi connectivity index (χ4n) is 2.15. The second-order valence-corrected chi connectivity index (χ2v) is 5.56. The molecule has 6 nitrogen and oxygen atoms in total. The van der Waals surface area contributed by atoms with Crippen LogP contribution in [0.3, 0.4) is 0 Å². The van der Waals surface area contributed by atoms with Crippen LogP contribution in [0.2, 0.25) is 0 Å². The van der Waals surface area contributed by atoms with Crippen molar-refractivity contribution in [1.82, 2.24) is 25.2 Å². The third-order valence-corrected chi connectivity index (χ3v) is 3.84. The van der Waals surface area contributed by atoms with E-state index in [0.29, 0.717) is 12.6 Å². The first-order valence-electron chi connectivity index (χ1n) is 6.89. The van der Waals surface area contributed by atoms with Gasteiger partial charge in [0, 0.05) is 26.7 Å². The zero-order valence-electron chi connectivity index (χ0n) is 12.0. The molecule has 0 radical (unpaired) electrons. The summed E-state index contributed by atoms with van der Waals surface area (Å²) in [6, 6.07) is 0.530. The summed E-state index contributed by atoms with van der Waals surface area (Å²) in [7, 11) is 3.48. The van der Waals surface area contributed by atoms with Crippen LogP contribution in [0, 0.1) is 5.92 Å². The first-order chi connectivity index (χ1) is 9.06. The largest absolute Gasteiger partial charge is 0.347 e. The highest BCUT2D eigenvalue weighted by Crippen LogP contribution is 2.29. The second kappa shape index (κ2) is 6.14. The topological polar surface area (TPSA) is 63.1 Å². The van der Waals surface area contributed by atoms with Crippen molar-refractivity contribution < 1.29 is 4.79 Å². The summed E-state index contributed by atoms with van der Waals surface area (Å²) in [6.07, 6.45) is 5.86. The van der Waals surface area contributed by atoms with Gasteiger partial charge in [0.1, 0.15) is 6.54 Å². The Balaban J connectivity index is 1.78. The van der Waals surface area contributed by atoms with Gasteiger partial charge in [-0.2, -0.15) is 0 Å². The molecular weight excluding hydrogens is 242 g/mol. The van der Waals surface area contributed by atoms with Crippen LogP contribution in [0.25, 0.3) is 0 Å². The zero-order chi connectivity index (χ0) is 13.8. The molecule has 1 aromatic rings. The fraction of sp³-hybridized carbons (Fsp3) is 0.769. The molecule has 1 aliphatic carbocycles. The van der Waals surface area contributed by atoms with Crippen LogP contribution in [0.5, 0.6) is 0 Å². The van der Waals surface area contributed by atoms with Gasteiger partial charge in [-0.15, -0.1) is 5.10 Å². The fourth-order valence-corrected chi connectivity index (χ4v) is 2.15. The minimum absolute atomic E-state index is 0.0206. The van der Waals surface area contributed by atoms with Crippen molar-refractivity contribution >= 4 is 5.91 Å². The summed E-state index contributed by atoms with van der Waals surface area (Å²) in [5.41, 5.74) is 0.887. The third-order valence-electron chi connectivity index (χ3n) is 3.84. The lowest BCUT2D eigenvalue weighted by molar-refractivity contribution is -0.129. The van der Waals surface area contributed by atoms with E-state index in [1.54, 1.807) is 23.7 Å². The smallest absolute Gasteiger partial charge is 0.243 e. The van der Waals surface area contributed by atoms with E-state index in [0.717, 1.165) is 11.6 Å². The Kier molecular flexibility index (Phi) is 4.52. The maximum Gasteiger partial charge on any atom is 0.243 e. The van der Waals surface area contributed by atoms with Crippen LogP contribution in [-0.2, 0) is 17.9 Å². The molecule has 0 aliphatic heterocycles. The molecule has 0 aromatic carbocycles. The van der Waals surface area contributed by atoms with Crippen LogP contribution in [0.4, 0.5) is 0 Å². The maximum absolute atomic E-state index is 11.5. The maximum atomic E-state index is 11.5.